The Kier molecular flexibility index (Phi) is 4.02. The molecule has 10 heteroatoms. The molecule has 5 rings (SSSR count). The van der Waals surface area contributed by atoms with Gasteiger partial charge >= 0.3 is 6.01 Å². The molecule has 0 radical (unpaired) electrons. The van der Waals surface area contributed by atoms with Gasteiger partial charge in [0.25, 0.3) is 5.91 Å². The van der Waals surface area contributed by atoms with Crippen molar-refractivity contribution in [2.75, 3.05) is 14.2 Å². The summed E-state index contributed by atoms with van der Waals surface area (Å²) >= 11 is 1.11. The highest BCUT2D eigenvalue weighted by molar-refractivity contribution is 8.02. The van der Waals surface area contributed by atoms with E-state index < -0.39 is 29.4 Å². The number of nitrogens with one attached hydrogen (secondary N) is 1. The molecule has 2 atom stereocenters. The number of aromatic nitrogens is 2. The molecule has 2 aliphatic carbocycles. The lowest BCUT2D eigenvalue weighted by atomic mass is 9.67. The first-order chi connectivity index (χ1) is 14.0. The highest BCUT2D eigenvalue weighted by Crippen LogP contribution is 2.55. The van der Waals surface area contributed by atoms with E-state index in [4.69, 9.17) is 14.5 Å². The molecule has 2 unspecified atom stereocenters. The second-order valence-electron chi connectivity index (χ2n) is 7.28. The molecule has 150 valence electrons. The average molecular weight is 416 g/mol. The molecular formula is C19H17FN4O4S. The predicted octanol–water partition coefficient (Wildman–Crippen LogP) is 2.03. The van der Waals surface area contributed by atoms with Gasteiger partial charge in [0, 0.05) is 16.7 Å². The summed E-state index contributed by atoms with van der Waals surface area (Å²) < 4.78 is 28.3. The lowest BCUT2D eigenvalue weighted by Gasteiger charge is -2.36. The Hall–Kier alpha value is -2.75. The summed E-state index contributed by atoms with van der Waals surface area (Å²) in [7, 11) is 2.80. The van der Waals surface area contributed by atoms with Crippen molar-refractivity contribution in [3.8, 4) is 11.9 Å². The minimum atomic E-state index is -1.62. The molecule has 1 N–H and O–H groups in total. The molecule has 1 aromatic heterocycles. The summed E-state index contributed by atoms with van der Waals surface area (Å²) in [6.45, 7) is 0. The monoisotopic (exact) mass is 416 g/mol. The minimum absolute atomic E-state index is 0.0537. The van der Waals surface area contributed by atoms with E-state index in [-0.39, 0.29) is 34.8 Å². The highest BCUT2D eigenvalue weighted by Gasteiger charge is 2.62. The van der Waals surface area contributed by atoms with E-state index in [1.165, 1.54) is 20.4 Å². The van der Waals surface area contributed by atoms with Crippen LogP contribution in [0, 0.1) is 11.3 Å². The summed E-state index contributed by atoms with van der Waals surface area (Å²) in [4.78, 5) is 39.4. The van der Waals surface area contributed by atoms with Gasteiger partial charge in [0.05, 0.1) is 38.0 Å². The van der Waals surface area contributed by atoms with Crippen molar-refractivity contribution in [2.45, 2.75) is 25.3 Å². The maximum Gasteiger partial charge on any atom is 0.319 e. The minimum Gasteiger partial charge on any atom is -0.480 e. The number of hydrogen-bond donors (Lipinski definition) is 1. The second kappa shape index (κ2) is 6.38. The van der Waals surface area contributed by atoms with Crippen LogP contribution in [0.3, 0.4) is 0 Å². The van der Waals surface area contributed by atoms with Crippen LogP contribution in [-0.2, 0) is 9.59 Å². The Morgan fingerprint density at radius 3 is 2.76 bits per heavy atom. The predicted molar refractivity (Wildman–Crippen MR) is 103 cm³/mol. The van der Waals surface area contributed by atoms with E-state index in [9.17, 15) is 9.59 Å². The van der Waals surface area contributed by atoms with Crippen LogP contribution >= 0.6 is 11.9 Å². The molecule has 8 nitrogen and oxygen atoms in total. The number of nitrogens with zero attached hydrogens (tertiary/aromatic N) is 3. The summed E-state index contributed by atoms with van der Waals surface area (Å²) in [5.74, 6) is -1.27. The maximum atomic E-state index is 15.3. The van der Waals surface area contributed by atoms with E-state index in [1.807, 2.05) is 6.08 Å². The van der Waals surface area contributed by atoms with Gasteiger partial charge in [0.2, 0.25) is 5.88 Å². The number of halogens is 1. The van der Waals surface area contributed by atoms with Gasteiger partial charge in [-0.25, -0.2) is 9.37 Å². The summed E-state index contributed by atoms with van der Waals surface area (Å²) in [6.07, 6.45) is 4.76. The van der Waals surface area contributed by atoms with E-state index in [0.29, 0.717) is 10.8 Å². The molecule has 2 aliphatic heterocycles. The van der Waals surface area contributed by atoms with Gasteiger partial charge in [-0.15, -0.1) is 0 Å². The third-order valence-electron chi connectivity index (χ3n) is 5.64. The Bertz CT molecular complexity index is 1050. The number of ketones is 1. The normalized spacial score (nSPS) is 28.3. The van der Waals surface area contributed by atoms with Gasteiger partial charge in [-0.05, 0) is 36.8 Å². The number of Topliss-reactive ketones (excluding diaryl/α,β-unsaturated/α-hetero) is 1. The first kappa shape index (κ1) is 18.3. The zero-order valence-electron chi connectivity index (χ0n) is 15.7. The quantitative estimate of drug-likeness (QED) is 0.592. The number of aliphatic imine (C=N–C) groups is 1. The van der Waals surface area contributed by atoms with Crippen LogP contribution in [0.1, 0.15) is 24.8 Å². The SMILES string of the molecule is COc1ncc(C2=C(F)CC(=O)C34C(=O)NSC3=CC(C3CC3)N=C24)c(OC)n1. The van der Waals surface area contributed by atoms with E-state index in [0.717, 1.165) is 24.8 Å². The van der Waals surface area contributed by atoms with Crippen molar-refractivity contribution in [3.63, 3.8) is 0 Å². The summed E-state index contributed by atoms with van der Waals surface area (Å²) in [5, 5.41) is 0. The fourth-order valence-electron chi connectivity index (χ4n) is 4.06. The van der Waals surface area contributed by atoms with Gasteiger partial charge in [-0.2, -0.15) is 4.98 Å². The molecule has 1 saturated carbocycles. The number of carbonyl (C=O) groups is 2. The van der Waals surface area contributed by atoms with Crippen molar-refractivity contribution in [1.29, 1.82) is 0 Å². The molecule has 0 bridgehead atoms. The van der Waals surface area contributed by atoms with Crippen molar-refractivity contribution >= 4 is 34.9 Å². The first-order valence-electron chi connectivity index (χ1n) is 9.16. The third kappa shape index (κ3) is 2.48. The molecule has 1 amide bonds. The van der Waals surface area contributed by atoms with Crippen LogP contribution in [0.4, 0.5) is 4.39 Å². The number of amides is 1. The van der Waals surface area contributed by atoms with Crippen LogP contribution in [0.2, 0.25) is 0 Å². The smallest absolute Gasteiger partial charge is 0.319 e. The molecular weight excluding hydrogens is 399 g/mol. The lowest BCUT2D eigenvalue weighted by Crippen LogP contribution is -2.51. The van der Waals surface area contributed by atoms with E-state index in [1.54, 1.807) is 0 Å². The first-order valence-corrected chi connectivity index (χ1v) is 9.98. The Morgan fingerprint density at radius 1 is 1.28 bits per heavy atom. The molecule has 1 saturated heterocycles. The van der Waals surface area contributed by atoms with Crippen LogP contribution < -0.4 is 14.2 Å². The average Bonchev–Trinajstić information content (AvgIpc) is 3.51. The topological polar surface area (TPSA) is 103 Å². The zero-order valence-corrected chi connectivity index (χ0v) is 16.5. The zero-order chi connectivity index (χ0) is 20.3. The molecule has 0 aromatic carbocycles. The number of carbonyl (C=O) groups excluding carboxylic acids is 2. The Morgan fingerprint density at radius 2 is 2.07 bits per heavy atom. The van der Waals surface area contributed by atoms with Crippen LogP contribution in [-0.4, -0.2) is 47.6 Å². The number of rotatable bonds is 4. The van der Waals surface area contributed by atoms with Gasteiger partial charge < -0.3 is 9.47 Å². The van der Waals surface area contributed by atoms with Crippen LogP contribution in [0.25, 0.3) is 5.57 Å². The summed E-state index contributed by atoms with van der Waals surface area (Å²) in [6, 6.07) is -0.142. The van der Waals surface area contributed by atoms with Crippen molar-refractivity contribution < 1.29 is 23.5 Å². The van der Waals surface area contributed by atoms with E-state index in [2.05, 4.69) is 14.7 Å². The maximum absolute atomic E-state index is 15.3. The third-order valence-corrected chi connectivity index (χ3v) is 6.59. The number of dihydropyridines is 1. The molecule has 1 aromatic rings. The molecule has 4 aliphatic rings. The standard InChI is InChI=1S/C19H17FN4O4S/c1-27-16-9(7-21-18(23-16)28-2)14-10(20)5-12(25)19-13(29-24-17(19)26)6-11(8-3-4-8)22-15(14)19/h6-8,11H,3-5H2,1-2H3,(H,24,26). The molecule has 1 spiro atoms. The number of ether oxygens (including phenoxy) is 2. The number of allylic oxidation sites excluding steroid dienone is 2. The van der Waals surface area contributed by atoms with Gasteiger partial charge in [0.1, 0.15) is 5.83 Å². The lowest BCUT2D eigenvalue weighted by molar-refractivity contribution is -0.133. The van der Waals surface area contributed by atoms with Crippen molar-refractivity contribution in [1.82, 2.24) is 14.7 Å². The van der Waals surface area contributed by atoms with E-state index >= 15 is 4.39 Å². The van der Waals surface area contributed by atoms with Crippen LogP contribution in [0.15, 0.2) is 28.0 Å². The number of hydrogen-bond acceptors (Lipinski definition) is 8. The van der Waals surface area contributed by atoms with Gasteiger partial charge in [-0.1, -0.05) is 0 Å². The second-order valence-corrected chi connectivity index (χ2v) is 8.13. The van der Waals surface area contributed by atoms with Crippen molar-refractivity contribution in [2.24, 2.45) is 16.3 Å². The summed E-state index contributed by atoms with van der Waals surface area (Å²) in [5.41, 5.74) is -1.21. The van der Waals surface area contributed by atoms with Gasteiger partial charge in [-0.3, -0.25) is 19.3 Å². The fourth-order valence-corrected chi connectivity index (χ4v) is 5.08. The molecule has 29 heavy (non-hydrogen) atoms. The van der Waals surface area contributed by atoms with Crippen LogP contribution in [0.5, 0.6) is 11.9 Å². The largest absolute Gasteiger partial charge is 0.480 e. The van der Waals surface area contributed by atoms with Gasteiger partial charge in [0.15, 0.2) is 11.2 Å². The number of methoxy groups -OCH3 is 2. The Balaban J connectivity index is 1.75. The molecule has 3 heterocycles. The fraction of sp³-hybridized carbons (Fsp3) is 0.421. The Labute approximate surface area is 169 Å². The highest BCUT2D eigenvalue weighted by atomic mass is 32.2. The molecule has 2 fully saturated rings. The van der Waals surface area contributed by atoms with Crippen molar-refractivity contribution in [3.05, 3.63) is 28.6 Å².